The number of nitrogens with zero attached hydrogens (tertiary/aromatic N) is 2. The van der Waals surface area contributed by atoms with E-state index in [2.05, 4.69) is 15.9 Å². The summed E-state index contributed by atoms with van der Waals surface area (Å²) >= 11 is 7.61. The third-order valence-electron chi connectivity index (χ3n) is 3.88. The first-order chi connectivity index (χ1) is 8.22. The van der Waals surface area contributed by atoms with Gasteiger partial charge in [-0.3, -0.25) is 9.80 Å². The molecule has 4 rings (SSSR count). The van der Waals surface area contributed by atoms with E-state index in [4.69, 9.17) is 17.3 Å². The van der Waals surface area contributed by atoms with E-state index in [9.17, 15) is 0 Å². The van der Waals surface area contributed by atoms with Crippen molar-refractivity contribution >= 4 is 22.9 Å². The zero-order chi connectivity index (χ0) is 11.8. The number of rotatable bonds is 3. The molecule has 2 unspecified atom stereocenters. The highest BCUT2D eigenvalue weighted by molar-refractivity contribution is 7.16. The highest BCUT2D eigenvalue weighted by Crippen LogP contribution is 2.25. The molecule has 3 aliphatic heterocycles. The van der Waals surface area contributed by atoms with Crippen molar-refractivity contribution in [2.75, 3.05) is 32.7 Å². The number of thiophene rings is 1. The molecular weight excluding hydrogens is 254 g/mol. The number of hydrogen-bond acceptors (Lipinski definition) is 4. The van der Waals surface area contributed by atoms with E-state index in [1.807, 2.05) is 6.07 Å². The maximum atomic E-state index is 6.37. The third-order valence-corrected chi connectivity index (χ3v) is 5.13. The first kappa shape index (κ1) is 11.9. The molecule has 2 atom stereocenters. The van der Waals surface area contributed by atoms with E-state index in [0.717, 1.165) is 17.3 Å². The summed E-state index contributed by atoms with van der Waals surface area (Å²) in [6.07, 6.45) is 0.951. The predicted octanol–water partition coefficient (Wildman–Crippen LogP) is 1.27. The van der Waals surface area contributed by atoms with Crippen LogP contribution in [-0.2, 0) is 6.42 Å². The lowest BCUT2D eigenvalue weighted by Crippen LogP contribution is -2.66. The van der Waals surface area contributed by atoms with Crippen molar-refractivity contribution in [1.82, 2.24) is 9.80 Å². The molecule has 2 bridgehead atoms. The van der Waals surface area contributed by atoms with Crippen LogP contribution in [0.25, 0.3) is 0 Å². The molecule has 17 heavy (non-hydrogen) atoms. The Balaban J connectivity index is 1.64. The topological polar surface area (TPSA) is 32.5 Å². The summed E-state index contributed by atoms with van der Waals surface area (Å²) in [5.41, 5.74) is 6.37. The van der Waals surface area contributed by atoms with E-state index in [1.54, 1.807) is 11.3 Å². The quantitative estimate of drug-likeness (QED) is 0.899. The fourth-order valence-corrected chi connectivity index (χ4v) is 4.05. The molecule has 0 radical (unpaired) electrons. The number of hydrogen-bond donors (Lipinski definition) is 1. The molecular formula is C12H18ClN3S. The molecule has 3 fully saturated rings. The first-order valence-electron chi connectivity index (χ1n) is 6.18. The monoisotopic (exact) mass is 271 g/mol. The van der Waals surface area contributed by atoms with Gasteiger partial charge in [0, 0.05) is 49.7 Å². The minimum atomic E-state index is 0.229. The lowest BCUT2D eigenvalue weighted by molar-refractivity contribution is 0.00268. The normalized spacial score (nSPS) is 33.9. The Kier molecular flexibility index (Phi) is 3.41. The number of halogens is 1. The third kappa shape index (κ3) is 2.51. The molecule has 3 aliphatic rings. The SMILES string of the molecule is NC(Cc1ccc(Cl)s1)C1CN2CCN1CC2. The largest absolute Gasteiger partial charge is 0.326 e. The zero-order valence-electron chi connectivity index (χ0n) is 9.81. The van der Waals surface area contributed by atoms with Crippen molar-refractivity contribution in [3.8, 4) is 0 Å². The second kappa shape index (κ2) is 4.86. The van der Waals surface area contributed by atoms with E-state index >= 15 is 0 Å². The summed E-state index contributed by atoms with van der Waals surface area (Å²) in [5.74, 6) is 0. The number of piperazine rings is 3. The molecule has 0 spiro atoms. The van der Waals surface area contributed by atoms with Crippen molar-refractivity contribution in [2.45, 2.75) is 18.5 Å². The molecule has 4 heterocycles. The Labute approximate surface area is 111 Å². The van der Waals surface area contributed by atoms with Gasteiger partial charge in [0.2, 0.25) is 0 Å². The zero-order valence-corrected chi connectivity index (χ0v) is 11.4. The van der Waals surface area contributed by atoms with Crippen molar-refractivity contribution in [3.05, 3.63) is 21.3 Å². The van der Waals surface area contributed by atoms with Crippen LogP contribution in [0.1, 0.15) is 4.88 Å². The van der Waals surface area contributed by atoms with Crippen LogP contribution in [0.5, 0.6) is 0 Å². The van der Waals surface area contributed by atoms with Gasteiger partial charge in [0.25, 0.3) is 0 Å². The lowest BCUT2D eigenvalue weighted by Gasteiger charge is -2.49. The molecule has 0 saturated carbocycles. The summed E-state index contributed by atoms with van der Waals surface area (Å²) in [4.78, 5) is 6.39. The van der Waals surface area contributed by atoms with Gasteiger partial charge in [-0.15, -0.1) is 11.3 Å². The smallest absolute Gasteiger partial charge is 0.0931 e. The average Bonchev–Trinajstić information content (AvgIpc) is 2.76. The molecule has 0 aromatic carbocycles. The van der Waals surface area contributed by atoms with Crippen molar-refractivity contribution in [1.29, 1.82) is 0 Å². The van der Waals surface area contributed by atoms with Gasteiger partial charge in [0.05, 0.1) is 4.34 Å². The van der Waals surface area contributed by atoms with Crippen molar-refractivity contribution in [2.24, 2.45) is 5.73 Å². The van der Waals surface area contributed by atoms with Gasteiger partial charge in [0.1, 0.15) is 0 Å². The highest BCUT2D eigenvalue weighted by atomic mass is 35.5. The average molecular weight is 272 g/mol. The fraction of sp³-hybridized carbons (Fsp3) is 0.667. The van der Waals surface area contributed by atoms with Gasteiger partial charge < -0.3 is 5.73 Å². The number of nitrogens with two attached hydrogens (primary N) is 1. The van der Waals surface area contributed by atoms with Gasteiger partial charge in [-0.1, -0.05) is 11.6 Å². The first-order valence-corrected chi connectivity index (χ1v) is 7.38. The Morgan fingerprint density at radius 3 is 2.65 bits per heavy atom. The molecule has 0 aliphatic carbocycles. The molecule has 1 aromatic heterocycles. The lowest BCUT2D eigenvalue weighted by atomic mass is 9.98. The van der Waals surface area contributed by atoms with Crippen molar-refractivity contribution in [3.63, 3.8) is 0 Å². The molecule has 0 amide bonds. The Morgan fingerprint density at radius 1 is 1.35 bits per heavy atom. The summed E-state index contributed by atoms with van der Waals surface area (Å²) in [6.45, 7) is 5.94. The standard InChI is InChI=1S/C12H18ClN3S/c13-12-2-1-9(17-12)7-10(14)11-8-15-3-5-16(11)6-4-15/h1-2,10-11H,3-8,14H2. The van der Waals surface area contributed by atoms with Crippen LogP contribution in [0.15, 0.2) is 12.1 Å². The molecule has 1 aromatic rings. The minimum Gasteiger partial charge on any atom is -0.326 e. The Morgan fingerprint density at radius 2 is 2.12 bits per heavy atom. The van der Waals surface area contributed by atoms with Gasteiger partial charge in [0.15, 0.2) is 0 Å². The van der Waals surface area contributed by atoms with Crippen LogP contribution in [0, 0.1) is 0 Å². The molecule has 94 valence electrons. The Bertz CT molecular complexity index is 387. The summed E-state index contributed by atoms with van der Waals surface area (Å²) in [5, 5.41) is 0. The summed E-state index contributed by atoms with van der Waals surface area (Å²) in [6, 6.07) is 4.82. The van der Waals surface area contributed by atoms with E-state index in [1.165, 1.54) is 31.1 Å². The van der Waals surface area contributed by atoms with Gasteiger partial charge in [-0.25, -0.2) is 0 Å². The van der Waals surface area contributed by atoms with Gasteiger partial charge in [-0.2, -0.15) is 0 Å². The minimum absolute atomic E-state index is 0.229. The van der Waals surface area contributed by atoms with Crippen LogP contribution in [0.2, 0.25) is 4.34 Å². The Hall–Kier alpha value is -0.130. The van der Waals surface area contributed by atoms with Crippen LogP contribution in [0.4, 0.5) is 0 Å². The molecule has 3 saturated heterocycles. The van der Waals surface area contributed by atoms with Crippen LogP contribution < -0.4 is 5.73 Å². The van der Waals surface area contributed by atoms with Gasteiger partial charge >= 0.3 is 0 Å². The number of fused-ring (bicyclic) bond motifs is 3. The molecule has 3 nitrogen and oxygen atoms in total. The summed E-state index contributed by atoms with van der Waals surface area (Å²) < 4.78 is 0.862. The molecule has 5 heteroatoms. The predicted molar refractivity (Wildman–Crippen MR) is 72.8 cm³/mol. The fourth-order valence-electron chi connectivity index (χ4n) is 2.89. The van der Waals surface area contributed by atoms with Crippen molar-refractivity contribution < 1.29 is 0 Å². The maximum Gasteiger partial charge on any atom is 0.0931 e. The maximum absolute atomic E-state index is 6.37. The van der Waals surface area contributed by atoms with E-state index in [-0.39, 0.29) is 6.04 Å². The van der Waals surface area contributed by atoms with Crippen LogP contribution in [-0.4, -0.2) is 54.6 Å². The van der Waals surface area contributed by atoms with E-state index in [0.29, 0.717) is 6.04 Å². The molecule has 2 N–H and O–H groups in total. The second-order valence-corrected chi connectivity index (χ2v) is 6.78. The van der Waals surface area contributed by atoms with E-state index < -0.39 is 0 Å². The van der Waals surface area contributed by atoms with Crippen LogP contribution in [0.3, 0.4) is 0 Å². The second-order valence-electron chi connectivity index (χ2n) is 4.98. The van der Waals surface area contributed by atoms with Gasteiger partial charge in [-0.05, 0) is 18.6 Å². The summed E-state index contributed by atoms with van der Waals surface area (Å²) in [7, 11) is 0. The highest BCUT2D eigenvalue weighted by Gasteiger charge is 2.35. The van der Waals surface area contributed by atoms with Crippen LogP contribution >= 0.6 is 22.9 Å².